The van der Waals surface area contributed by atoms with Crippen molar-refractivity contribution in [3.05, 3.63) is 30.5 Å². The predicted octanol–water partition coefficient (Wildman–Crippen LogP) is 0.701. The number of nitrogen functional groups attached to an aromatic ring is 1. The molecule has 0 unspecified atom stereocenters. The summed E-state index contributed by atoms with van der Waals surface area (Å²) in [5.74, 6) is 1.61. The molecule has 0 aliphatic heterocycles. The summed E-state index contributed by atoms with van der Waals surface area (Å²) in [5.41, 5.74) is 5.40. The molecule has 0 amide bonds. The monoisotopic (exact) mass is 205 g/mol. The van der Waals surface area contributed by atoms with Gasteiger partial charge in [0.2, 0.25) is 11.9 Å². The van der Waals surface area contributed by atoms with Gasteiger partial charge in [-0.15, -0.1) is 0 Å². The van der Waals surface area contributed by atoms with Crippen LogP contribution >= 0.6 is 0 Å². The number of aromatic nitrogens is 3. The number of rotatable bonds is 4. The Morgan fingerprint density at radius 2 is 2.33 bits per heavy atom. The first-order valence-electron chi connectivity index (χ1n) is 4.55. The standard InChI is InChI=1S/C9H11N5O/c10-8-12-6-13-9(14-8)11-4-3-7-2-1-5-15-7/h1-2,5-6H,3-4H2,(H3,10,11,12,13,14). The molecule has 6 nitrogen and oxygen atoms in total. The van der Waals surface area contributed by atoms with Crippen molar-refractivity contribution in [2.45, 2.75) is 6.42 Å². The van der Waals surface area contributed by atoms with E-state index in [1.807, 2.05) is 12.1 Å². The third kappa shape index (κ3) is 2.67. The lowest BCUT2D eigenvalue weighted by Gasteiger charge is -2.02. The maximum absolute atomic E-state index is 5.40. The van der Waals surface area contributed by atoms with Gasteiger partial charge in [0.05, 0.1) is 6.26 Å². The van der Waals surface area contributed by atoms with Gasteiger partial charge in [0.1, 0.15) is 12.1 Å². The van der Waals surface area contributed by atoms with Crippen LogP contribution in [0.3, 0.4) is 0 Å². The van der Waals surface area contributed by atoms with Crippen LogP contribution in [-0.4, -0.2) is 21.5 Å². The fraction of sp³-hybridized carbons (Fsp3) is 0.222. The van der Waals surface area contributed by atoms with Crippen LogP contribution in [0.25, 0.3) is 0 Å². The second-order valence-corrected chi connectivity index (χ2v) is 2.92. The highest BCUT2D eigenvalue weighted by Crippen LogP contribution is 2.02. The van der Waals surface area contributed by atoms with Crippen LogP contribution in [0.1, 0.15) is 5.76 Å². The first-order valence-corrected chi connectivity index (χ1v) is 4.55. The van der Waals surface area contributed by atoms with Crippen molar-refractivity contribution in [1.29, 1.82) is 0 Å². The Bertz CT molecular complexity index is 414. The van der Waals surface area contributed by atoms with Gasteiger partial charge in [-0.25, -0.2) is 9.97 Å². The number of nitrogens with zero attached hydrogens (tertiary/aromatic N) is 3. The quantitative estimate of drug-likeness (QED) is 0.763. The van der Waals surface area contributed by atoms with E-state index in [1.165, 1.54) is 6.33 Å². The van der Waals surface area contributed by atoms with Gasteiger partial charge < -0.3 is 15.5 Å². The average Bonchev–Trinajstić information content (AvgIpc) is 2.71. The minimum absolute atomic E-state index is 0.213. The van der Waals surface area contributed by atoms with Gasteiger partial charge >= 0.3 is 0 Å². The molecule has 15 heavy (non-hydrogen) atoms. The van der Waals surface area contributed by atoms with Crippen LogP contribution < -0.4 is 11.1 Å². The van der Waals surface area contributed by atoms with Crippen LogP contribution in [0.15, 0.2) is 29.1 Å². The first-order chi connectivity index (χ1) is 7.34. The summed E-state index contributed by atoms with van der Waals surface area (Å²) in [6.07, 6.45) is 3.80. The molecular formula is C9H11N5O. The molecule has 0 bridgehead atoms. The van der Waals surface area contributed by atoms with Crippen molar-refractivity contribution in [3.8, 4) is 0 Å². The fourth-order valence-electron chi connectivity index (χ4n) is 1.15. The van der Waals surface area contributed by atoms with E-state index in [2.05, 4.69) is 20.3 Å². The minimum atomic E-state index is 0.213. The summed E-state index contributed by atoms with van der Waals surface area (Å²) < 4.78 is 5.18. The highest BCUT2D eigenvalue weighted by atomic mass is 16.3. The second kappa shape index (κ2) is 4.41. The Hall–Kier alpha value is -2.11. The van der Waals surface area contributed by atoms with Gasteiger partial charge in [-0.2, -0.15) is 4.98 Å². The van der Waals surface area contributed by atoms with Gasteiger partial charge in [0.15, 0.2) is 0 Å². The van der Waals surface area contributed by atoms with Crippen LogP contribution in [0, 0.1) is 0 Å². The van der Waals surface area contributed by atoms with Gasteiger partial charge in [-0.3, -0.25) is 0 Å². The zero-order valence-corrected chi connectivity index (χ0v) is 8.05. The zero-order valence-electron chi connectivity index (χ0n) is 8.05. The molecule has 0 saturated heterocycles. The highest BCUT2D eigenvalue weighted by Gasteiger charge is 1.98. The number of anilines is 2. The maximum Gasteiger partial charge on any atom is 0.227 e. The van der Waals surface area contributed by atoms with E-state index in [9.17, 15) is 0 Å². The molecule has 2 aromatic rings. The number of hydrogen-bond acceptors (Lipinski definition) is 6. The van der Waals surface area contributed by atoms with Gasteiger partial charge in [0, 0.05) is 13.0 Å². The predicted molar refractivity (Wildman–Crippen MR) is 55.1 cm³/mol. The van der Waals surface area contributed by atoms with E-state index >= 15 is 0 Å². The Balaban J connectivity index is 1.83. The molecule has 2 heterocycles. The number of nitrogens with one attached hydrogen (secondary N) is 1. The molecule has 6 heteroatoms. The molecule has 0 spiro atoms. The van der Waals surface area contributed by atoms with E-state index < -0.39 is 0 Å². The first kappa shape index (κ1) is 9.45. The third-order valence-corrected chi connectivity index (χ3v) is 1.83. The van der Waals surface area contributed by atoms with Crippen LogP contribution in [-0.2, 0) is 6.42 Å². The Morgan fingerprint density at radius 1 is 1.40 bits per heavy atom. The lowest BCUT2D eigenvalue weighted by molar-refractivity contribution is 0.512. The number of hydrogen-bond donors (Lipinski definition) is 2. The highest BCUT2D eigenvalue weighted by molar-refractivity contribution is 5.28. The Kier molecular flexibility index (Phi) is 2.77. The molecule has 0 saturated carbocycles. The summed E-state index contributed by atoms with van der Waals surface area (Å²) in [7, 11) is 0. The molecule has 3 N–H and O–H groups in total. The lowest BCUT2D eigenvalue weighted by Crippen LogP contribution is -2.09. The lowest BCUT2D eigenvalue weighted by atomic mass is 10.3. The van der Waals surface area contributed by atoms with Crippen molar-refractivity contribution in [2.75, 3.05) is 17.6 Å². The van der Waals surface area contributed by atoms with Crippen molar-refractivity contribution in [1.82, 2.24) is 15.0 Å². The zero-order chi connectivity index (χ0) is 10.5. The number of furan rings is 1. The molecule has 0 aromatic carbocycles. The summed E-state index contributed by atoms with van der Waals surface area (Å²) in [6.45, 7) is 0.691. The molecule has 0 atom stereocenters. The van der Waals surface area contributed by atoms with Crippen molar-refractivity contribution >= 4 is 11.9 Å². The average molecular weight is 205 g/mol. The third-order valence-electron chi connectivity index (χ3n) is 1.83. The van der Waals surface area contributed by atoms with E-state index in [-0.39, 0.29) is 5.95 Å². The van der Waals surface area contributed by atoms with E-state index in [0.717, 1.165) is 12.2 Å². The molecule has 2 aromatic heterocycles. The summed E-state index contributed by atoms with van der Waals surface area (Å²) in [4.78, 5) is 11.5. The SMILES string of the molecule is Nc1ncnc(NCCc2ccco2)n1. The Morgan fingerprint density at radius 3 is 3.07 bits per heavy atom. The molecule has 0 aliphatic rings. The summed E-state index contributed by atoms with van der Waals surface area (Å²) in [5, 5.41) is 3.02. The Labute approximate surface area is 86.6 Å². The van der Waals surface area contributed by atoms with Crippen LogP contribution in [0.2, 0.25) is 0 Å². The molecule has 0 radical (unpaired) electrons. The van der Waals surface area contributed by atoms with Gasteiger partial charge in [-0.1, -0.05) is 0 Å². The normalized spacial score (nSPS) is 10.1. The molecule has 0 aliphatic carbocycles. The molecule has 0 fully saturated rings. The van der Waals surface area contributed by atoms with Gasteiger partial charge in [0.25, 0.3) is 0 Å². The van der Waals surface area contributed by atoms with E-state index in [0.29, 0.717) is 12.5 Å². The van der Waals surface area contributed by atoms with E-state index in [1.54, 1.807) is 6.26 Å². The van der Waals surface area contributed by atoms with Gasteiger partial charge in [-0.05, 0) is 12.1 Å². The van der Waals surface area contributed by atoms with Crippen LogP contribution in [0.4, 0.5) is 11.9 Å². The number of nitrogens with two attached hydrogens (primary N) is 1. The van der Waals surface area contributed by atoms with E-state index in [4.69, 9.17) is 10.2 Å². The largest absolute Gasteiger partial charge is 0.469 e. The molecule has 78 valence electrons. The fourth-order valence-corrected chi connectivity index (χ4v) is 1.15. The maximum atomic E-state index is 5.40. The van der Waals surface area contributed by atoms with Crippen LogP contribution in [0.5, 0.6) is 0 Å². The van der Waals surface area contributed by atoms with Crippen molar-refractivity contribution in [2.24, 2.45) is 0 Å². The summed E-state index contributed by atoms with van der Waals surface area (Å²) in [6, 6.07) is 3.78. The van der Waals surface area contributed by atoms with Crippen molar-refractivity contribution < 1.29 is 4.42 Å². The second-order valence-electron chi connectivity index (χ2n) is 2.92. The molecule has 2 rings (SSSR count). The topological polar surface area (TPSA) is 89.9 Å². The molecular weight excluding hydrogens is 194 g/mol. The smallest absolute Gasteiger partial charge is 0.227 e. The summed E-state index contributed by atoms with van der Waals surface area (Å²) >= 11 is 0. The minimum Gasteiger partial charge on any atom is -0.469 e. The van der Waals surface area contributed by atoms with Crippen molar-refractivity contribution in [3.63, 3.8) is 0 Å².